The predicted molar refractivity (Wildman–Crippen MR) is 112 cm³/mol. The quantitative estimate of drug-likeness (QED) is 0.538. The van der Waals surface area contributed by atoms with Gasteiger partial charge >= 0.3 is 0 Å². The molecule has 3 rings (SSSR count). The van der Waals surface area contributed by atoms with Crippen LogP contribution in [0.25, 0.3) is 0 Å². The first-order valence-electron chi connectivity index (χ1n) is 9.43. The SMILES string of the molecule is CCCOc1c(Cl)cc(CNCc2cccc(Cn3ccnc3)c2)cc1OC. The van der Waals surface area contributed by atoms with Crippen molar-refractivity contribution >= 4 is 11.6 Å². The van der Waals surface area contributed by atoms with Crippen LogP contribution < -0.4 is 14.8 Å². The van der Waals surface area contributed by atoms with E-state index >= 15 is 0 Å². The minimum absolute atomic E-state index is 0.576. The van der Waals surface area contributed by atoms with Crippen molar-refractivity contribution in [3.63, 3.8) is 0 Å². The highest BCUT2D eigenvalue weighted by Gasteiger charge is 2.11. The van der Waals surface area contributed by atoms with Crippen LogP contribution in [0.3, 0.4) is 0 Å². The van der Waals surface area contributed by atoms with E-state index in [0.29, 0.717) is 29.7 Å². The molecule has 0 amide bonds. The second-order valence-electron chi connectivity index (χ2n) is 6.62. The molecular formula is C22H26ClN3O2. The molecule has 0 radical (unpaired) electrons. The lowest BCUT2D eigenvalue weighted by molar-refractivity contribution is 0.294. The van der Waals surface area contributed by atoms with Crippen LogP contribution in [-0.2, 0) is 19.6 Å². The summed E-state index contributed by atoms with van der Waals surface area (Å²) < 4.78 is 13.2. The summed E-state index contributed by atoms with van der Waals surface area (Å²) in [6.07, 6.45) is 6.51. The molecule has 0 atom stereocenters. The van der Waals surface area contributed by atoms with E-state index in [4.69, 9.17) is 21.1 Å². The van der Waals surface area contributed by atoms with Crippen molar-refractivity contribution in [1.29, 1.82) is 0 Å². The van der Waals surface area contributed by atoms with Gasteiger partial charge in [-0.05, 0) is 35.2 Å². The van der Waals surface area contributed by atoms with Crippen molar-refractivity contribution in [2.45, 2.75) is 33.0 Å². The Morgan fingerprint density at radius 2 is 1.93 bits per heavy atom. The van der Waals surface area contributed by atoms with Gasteiger partial charge in [0.1, 0.15) is 0 Å². The number of nitrogens with zero attached hydrogens (tertiary/aromatic N) is 2. The molecule has 0 aliphatic carbocycles. The Balaban J connectivity index is 1.59. The average molecular weight is 400 g/mol. The van der Waals surface area contributed by atoms with E-state index in [1.165, 1.54) is 11.1 Å². The van der Waals surface area contributed by atoms with Gasteiger partial charge in [-0.15, -0.1) is 0 Å². The summed E-state index contributed by atoms with van der Waals surface area (Å²) in [5, 5.41) is 4.05. The Bertz CT molecular complexity index is 881. The van der Waals surface area contributed by atoms with Gasteiger partial charge in [-0.25, -0.2) is 4.98 Å². The van der Waals surface area contributed by atoms with E-state index in [2.05, 4.69) is 46.1 Å². The number of hydrogen-bond acceptors (Lipinski definition) is 4. The third kappa shape index (κ3) is 5.50. The lowest BCUT2D eigenvalue weighted by atomic mass is 10.1. The van der Waals surface area contributed by atoms with Crippen molar-refractivity contribution in [3.8, 4) is 11.5 Å². The maximum absolute atomic E-state index is 6.39. The summed E-state index contributed by atoms with van der Waals surface area (Å²) in [5.74, 6) is 1.28. The van der Waals surface area contributed by atoms with E-state index in [0.717, 1.165) is 25.1 Å². The Kier molecular flexibility index (Phi) is 7.34. The lowest BCUT2D eigenvalue weighted by Gasteiger charge is -2.14. The van der Waals surface area contributed by atoms with Gasteiger partial charge < -0.3 is 19.4 Å². The second-order valence-corrected chi connectivity index (χ2v) is 7.02. The van der Waals surface area contributed by atoms with E-state index in [9.17, 15) is 0 Å². The van der Waals surface area contributed by atoms with Crippen LogP contribution in [0.1, 0.15) is 30.0 Å². The topological polar surface area (TPSA) is 48.3 Å². The smallest absolute Gasteiger partial charge is 0.179 e. The monoisotopic (exact) mass is 399 g/mol. The molecule has 0 saturated carbocycles. The summed E-state index contributed by atoms with van der Waals surface area (Å²) in [5.41, 5.74) is 3.54. The molecule has 0 saturated heterocycles. The van der Waals surface area contributed by atoms with Crippen LogP contribution in [0.15, 0.2) is 55.1 Å². The molecule has 0 fully saturated rings. The summed E-state index contributed by atoms with van der Waals surface area (Å²) in [6, 6.07) is 12.4. The lowest BCUT2D eigenvalue weighted by Crippen LogP contribution is -2.13. The Labute approximate surface area is 171 Å². The molecule has 0 spiro atoms. The van der Waals surface area contributed by atoms with Crippen molar-refractivity contribution in [2.75, 3.05) is 13.7 Å². The largest absolute Gasteiger partial charge is 0.493 e. The number of halogens is 1. The van der Waals surface area contributed by atoms with Crippen molar-refractivity contribution in [3.05, 3.63) is 76.8 Å². The first kappa shape index (κ1) is 20.2. The average Bonchev–Trinajstić information content (AvgIpc) is 3.20. The zero-order chi connectivity index (χ0) is 19.8. The van der Waals surface area contributed by atoms with Crippen molar-refractivity contribution in [1.82, 2.24) is 14.9 Å². The Morgan fingerprint density at radius 3 is 2.68 bits per heavy atom. The summed E-state index contributed by atoms with van der Waals surface area (Å²) in [7, 11) is 1.63. The zero-order valence-corrected chi connectivity index (χ0v) is 17.1. The van der Waals surface area contributed by atoms with Crippen molar-refractivity contribution < 1.29 is 9.47 Å². The predicted octanol–water partition coefficient (Wildman–Crippen LogP) is 4.67. The van der Waals surface area contributed by atoms with Crippen LogP contribution in [0.4, 0.5) is 0 Å². The third-order valence-corrected chi connectivity index (χ3v) is 4.59. The van der Waals surface area contributed by atoms with E-state index < -0.39 is 0 Å². The number of benzene rings is 2. The van der Waals surface area contributed by atoms with Crippen LogP contribution >= 0.6 is 11.6 Å². The van der Waals surface area contributed by atoms with Crippen LogP contribution in [0, 0.1) is 0 Å². The number of methoxy groups -OCH3 is 1. The second kappa shape index (κ2) is 10.2. The fourth-order valence-electron chi connectivity index (χ4n) is 3.00. The first-order valence-corrected chi connectivity index (χ1v) is 9.81. The molecular weight excluding hydrogens is 374 g/mol. The molecule has 1 aromatic heterocycles. The molecule has 3 aromatic rings. The fourth-order valence-corrected chi connectivity index (χ4v) is 3.29. The van der Waals surface area contributed by atoms with Gasteiger partial charge in [0.15, 0.2) is 11.5 Å². The molecule has 1 N–H and O–H groups in total. The molecule has 1 heterocycles. The van der Waals surface area contributed by atoms with Gasteiger partial charge in [-0.3, -0.25) is 0 Å². The standard InChI is InChI=1S/C22H26ClN3O2/c1-3-9-28-22-20(23)11-19(12-21(22)27-2)14-25-13-17-5-4-6-18(10-17)15-26-8-7-24-16-26/h4-8,10-12,16,25H,3,9,13-15H2,1-2H3. The minimum atomic E-state index is 0.576. The number of rotatable bonds is 10. The highest BCUT2D eigenvalue weighted by Crippen LogP contribution is 2.36. The molecule has 6 heteroatoms. The highest BCUT2D eigenvalue weighted by molar-refractivity contribution is 6.32. The molecule has 0 bridgehead atoms. The minimum Gasteiger partial charge on any atom is -0.493 e. The fraction of sp³-hybridized carbons (Fsp3) is 0.318. The first-order chi connectivity index (χ1) is 13.7. The van der Waals surface area contributed by atoms with Gasteiger partial charge in [0, 0.05) is 32.0 Å². The van der Waals surface area contributed by atoms with E-state index in [1.54, 1.807) is 13.3 Å². The van der Waals surface area contributed by atoms with Gasteiger partial charge in [0.25, 0.3) is 0 Å². The highest BCUT2D eigenvalue weighted by atomic mass is 35.5. The molecule has 0 unspecified atom stereocenters. The number of aromatic nitrogens is 2. The summed E-state index contributed by atoms with van der Waals surface area (Å²) in [6.45, 7) is 4.95. The number of imidazole rings is 1. The maximum Gasteiger partial charge on any atom is 0.179 e. The number of ether oxygens (including phenoxy) is 2. The van der Waals surface area contributed by atoms with Crippen molar-refractivity contribution in [2.24, 2.45) is 0 Å². The van der Waals surface area contributed by atoms with Gasteiger partial charge in [0.05, 0.1) is 25.1 Å². The normalized spacial score (nSPS) is 10.8. The molecule has 0 aliphatic heterocycles. The number of nitrogens with one attached hydrogen (secondary N) is 1. The number of hydrogen-bond donors (Lipinski definition) is 1. The Hall–Kier alpha value is -2.50. The van der Waals surface area contributed by atoms with Gasteiger partial charge in [0.2, 0.25) is 0 Å². The molecule has 0 aliphatic rings. The molecule has 2 aromatic carbocycles. The maximum atomic E-state index is 6.39. The Morgan fingerprint density at radius 1 is 1.11 bits per heavy atom. The van der Waals surface area contributed by atoms with Gasteiger partial charge in [-0.2, -0.15) is 0 Å². The molecule has 28 heavy (non-hydrogen) atoms. The summed E-state index contributed by atoms with van der Waals surface area (Å²) in [4.78, 5) is 4.09. The molecule has 148 valence electrons. The van der Waals surface area contributed by atoms with Crippen LogP contribution in [0.2, 0.25) is 5.02 Å². The molecule has 5 nitrogen and oxygen atoms in total. The third-order valence-electron chi connectivity index (χ3n) is 4.31. The van der Waals surface area contributed by atoms with Crippen LogP contribution in [0.5, 0.6) is 11.5 Å². The van der Waals surface area contributed by atoms with Crippen LogP contribution in [-0.4, -0.2) is 23.3 Å². The zero-order valence-electron chi connectivity index (χ0n) is 16.3. The van der Waals surface area contributed by atoms with E-state index in [-0.39, 0.29) is 0 Å². The van der Waals surface area contributed by atoms with E-state index in [1.807, 2.05) is 24.7 Å². The van der Waals surface area contributed by atoms with Gasteiger partial charge in [-0.1, -0.05) is 42.8 Å². The summed E-state index contributed by atoms with van der Waals surface area (Å²) >= 11 is 6.39.